The van der Waals surface area contributed by atoms with Crippen LogP contribution < -0.4 is 10.9 Å². The Bertz CT molecular complexity index is 676. The lowest BCUT2D eigenvalue weighted by molar-refractivity contribution is 0.598. The van der Waals surface area contributed by atoms with E-state index >= 15 is 0 Å². The molecule has 18 heavy (non-hydrogen) atoms. The number of anilines is 1. The molecule has 1 aromatic carbocycles. The van der Waals surface area contributed by atoms with Crippen molar-refractivity contribution in [3.05, 3.63) is 36.4 Å². The van der Waals surface area contributed by atoms with E-state index in [1.54, 1.807) is 18.5 Å². The van der Waals surface area contributed by atoms with E-state index in [1.165, 1.54) is 12.1 Å². The van der Waals surface area contributed by atoms with Gasteiger partial charge in [-0.2, -0.15) is 0 Å². The second-order valence-corrected chi connectivity index (χ2v) is 5.39. The topological polar surface area (TPSA) is 104 Å². The van der Waals surface area contributed by atoms with E-state index in [9.17, 15) is 8.42 Å². The Balaban J connectivity index is 2.55. The molecule has 0 atom stereocenters. The molecule has 0 fully saturated rings. The number of hydrogen-bond acceptors (Lipinski definition) is 4. The van der Waals surface area contributed by atoms with Crippen LogP contribution in [0.25, 0.3) is 5.69 Å². The predicted octanol–water partition coefficient (Wildman–Crippen LogP) is 0.664. The first-order valence-corrected chi connectivity index (χ1v) is 6.93. The molecule has 1 aromatic heterocycles. The lowest BCUT2D eigenvalue weighted by Gasteiger charge is -2.10. The minimum atomic E-state index is -3.73. The van der Waals surface area contributed by atoms with Gasteiger partial charge in [0.15, 0.2) is 0 Å². The van der Waals surface area contributed by atoms with E-state index in [1.807, 2.05) is 11.5 Å². The van der Waals surface area contributed by atoms with E-state index in [-0.39, 0.29) is 4.90 Å². The van der Waals surface area contributed by atoms with Gasteiger partial charge in [-0.05, 0) is 18.2 Å². The van der Waals surface area contributed by atoms with Gasteiger partial charge in [-0.15, -0.1) is 0 Å². The lowest BCUT2D eigenvalue weighted by atomic mass is 10.2. The summed E-state index contributed by atoms with van der Waals surface area (Å²) in [6.07, 6.45) is 4.20. The number of primary sulfonamides is 1. The smallest absolute Gasteiger partial charge is 0.238 e. The predicted molar refractivity (Wildman–Crippen MR) is 68.7 cm³/mol. The van der Waals surface area contributed by atoms with Crippen LogP contribution >= 0.6 is 0 Å². The number of hydrogen-bond donors (Lipinski definition) is 2. The number of sulfonamides is 1. The number of benzene rings is 1. The fourth-order valence-electron chi connectivity index (χ4n) is 1.74. The molecule has 6 nitrogen and oxygen atoms in total. The molecule has 0 bridgehead atoms. The summed E-state index contributed by atoms with van der Waals surface area (Å²) >= 11 is 0. The number of nitrogen functional groups attached to an aromatic ring is 1. The Morgan fingerprint density at radius 3 is 2.67 bits per heavy atom. The Morgan fingerprint density at radius 2 is 2.11 bits per heavy atom. The minimum absolute atomic E-state index is 0.00177. The summed E-state index contributed by atoms with van der Waals surface area (Å²) in [5, 5.41) is 5.05. The number of nitrogens with zero attached hydrogens (tertiary/aromatic N) is 2. The Kier molecular flexibility index (Phi) is 3.10. The average Bonchev–Trinajstić information content (AvgIpc) is 2.75. The summed E-state index contributed by atoms with van der Waals surface area (Å²) in [4.78, 5) is 4.19. The quantitative estimate of drug-likeness (QED) is 0.796. The largest absolute Gasteiger partial charge is 0.397 e. The van der Waals surface area contributed by atoms with Crippen molar-refractivity contribution in [2.75, 3.05) is 5.73 Å². The van der Waals surface area contributed by atoms with E-state index in [0.717, 1.165) is 12.2 Å². The molecule has 0 aliphatic rings. The Hall–Kier alpha value is -1.86. The molecule has 7 heteroatoms. The first-order chi connectivity index (χ1) is 8.43. The normalized spacial score (nSPS) is 11.7. The highest BCUT2D eigenvalue weighted by Crippen LogP contribution is 2.22. The monoisotopic (exact) mass is 266 g/mol. The fraction of sp³-hybridized carbons (Fsp3) is 0.182. The first-order valence-electron chi connectivity index (χ1n) is 5.38. The molecule has 0 amide bonds. The number of nitrogens with two attached hydrogens (primary N) is 2. The van der Waals surface area contributed by atoms with Crippen molar-refractivity contribution in [2.24, 2.45) is 5.14 Å². The van der Waals surface area contributed by atoms with Crippen LogP contribution in [0.5, 0.6) is 0 Å². The van der Waals surface area contributed by atoms with E-state index < -0.39 is 10.0 Å². The average molecular weight is 266 g/mol. The molecule has 2 aromatic rings. The highest BCUT2D eigenvalue weighted by atomic mass is 32.2. The van der Waals surface area contributed by atoms with Gasteiger partial charge >= 0.3 is 0 Å². The number of rotatable bonds is 3. The summed E-state index contributed by atoms with van der Waals surface area (Å²) in [6.45, 7) is 1.98. The summed E-state index contributed by atoms with van der Waals surface area (Å²) in [6, 6.07) is 4.40. The third-order valence-corrected chi connectivity index (χ3v) is 3.53. The second-order valence-electron chi connectivity index (χ2n) is 3.83. The maximum atomic E-state index is 11.2. The zero-order valence-electron chi connectivity index (χ0n) is 9.87. The number of aromatic nitrogens is 2. The molecule has 0 spiro atoms. The number of imidazole rings is 1. The van der Waals surface area contributed by atoms with Crippen LogP contribution in [-0.4, -0.2) is 18.0 Å². The van der Waals surface area contributed by atoms with Gasteiger partial charge in [0.1, 0.15) is 5.82 Å². The van der Waals surface area contributed by atoms with Gasteiger partial charge in [0.05, 0.1) is 16.3 Å². The van der Waals surface area contributed by atoms with Crippen LogP contribution in [0.2, 0.25) is 0 Å². The van der Waals surface area contributed by atoms with Gasteiger partial charge in [0, 0.05) is 18.8 Å². The van der Waals surface area contributed by atoms with Crippen LogP contribution in [0.1, 0.15) is 12.7 Å². The van der Waals surface area contributed by atoms with Crippen LogP contribution in [-0.2, 0) is 16.4 Å². The van der Waals surface area contributed by atoms with Crippen LogP contribution in [0.3, 0.4) is 0 Å². The SMILES string of the molecule is CCc1nccn1-c1ccc(S(N)(=O)=O)cc1N. The zero-order chi connectivity index (χ0) is 13.3. The van der Waals surface area contributed by atoms with Crippen molar-refractivity contribution in [1.29, 1.82) is 0 Å². The van der Waals surface area contributed by atoms with Gasteiger partial charge in [-0.1, -0.05) is 6.92 Å². The zero-order valence-corrected chi connectivity index (χ0v) is 10.7. The van der Waals surface area contributed by atoms with E-state index in [0.29, 0.717) is 11.4 Å². The molecule has 0 radical (unpaired) electrons. The third-order valence-electron chi connectivity index (χ3n) is 2.62. The van der Waals surface area contributed by atoms with Crippen molar-refractivity contribution in [3.63, 3.8) is 0 Å². The van der Waals surface area contributed by atoms with Crippen molar-refractivity contribution < 1.29 is 8.42 Å². The Labute approximate surface area is 105 Å². The summed E-state index contributed by atoms with van der Waals surface area (Å²) in [7, 11) is -3.73. The van der Waals surface area contributed by atoms with Crippen molar-refractivity contribution in [1.82, 2.24) is 9.55 Å². The maximum absolute atomic E-state index is 11.2. The number of aryl methyl sites for hydroxylation is 1. The van der Waals surface area contributed by atoms with Gasteiger partial charge in [-0.3, -0.25) is 0 Å². The first kappa shape index (κ1) is 12.6. The third kappa shape index (κ3) is 2.22. The Morgan fingerprint density at radius 1 is 1.39 bits per heavy atom. The molecule has 2 rings (SSSR count). The molecule has 96 valence electrons. The van der Waals surface area contributed by atoms with Crippen molar-refractivity contribution in [3.8, 4) is 5.69 Å². The van der Waals surface area contributed by atoms with Gasteiger partial charge in [-0.25, -0.2) is 18.5 Å². The van der Waals surface area contributed by atoms with Crippen LogP contribution in [0.4, 0.5) is 5.69 Å². The van der Waals surface area contributed by atoms with Crippen LogP contribution in [0, 0.1) is 0 Å². The molecule has 0 aliphatic heterocycles. The highest BCUT2D eigenvalue weighted by molar-refractivity contribution is 7.89. The van der Waals surface area contributed by atoms with E-state index in [2.05, 4.69) is 4.98 Å². The molecule has 0 unspecified atom stereocenters. The summed E-state index contributed by atoms with van der Waals surface area (Å²) in [5.74, 6) is 0.852. The fourth-order valence-corrected chi connectivity index (χ4v) is 2.29. The molecule has 4 N–H and O–H groups in total. The van der Waals surface area contributed by atoms with Crippen molar-refractivity contribution >= 4 is 15.7 Å². The lowest BCUT2D eigenvalue weighted by Crippen LogP contribution is -2.13. The van der Waals surface area contributed by atoms with Gasteiger partial charge in [0.25, 0.3) is 0 Å². The van der Waals surface area contributed by atoms with Crippen LogP contribution in [0.15, 0.2) is 35.5 Å². The van der Waals surface area contributed by atoms with Gasteiger partial charge < -0.3 is 10.3 Å². The minimum Gasteiger partial charge on any atom is -0.397 e. The molecule has 0 aliphatic carbocycles. The standard InChI is InChI=1S/C11H14N4O2S/c1-2-11-14-5-6-15(11)10-4-3-8(7-9(10)12)18(13,16)17/h3-7H,2,12H2,1H3,(H2,13,16,17). The molecule has 0 saturated heterocycles. The second kappa shape index (κ2) is 4.43. The van der Waals surface area contributed by atoms with E-state index in [4.69, 9.17) is 10.9 Å². The molecule has 1 heterocycles. The maximum Gasteiger partial charge on any atom is 0.238 e. The highest BCUT2D eigenvalue weighted by Gasteiger charge is 2.12. The molecular weight excluding hydrogens is 252 g/mol. The summed E-state index contributed by atoms with van der Waals surface area (Å²) < 4.78 is 24.2. The van der Waals surface area contributed by atoms with Crippen molar-refractivity contribution in [2.45, 2.75) is 18.2 Å². The molecular formula is C11H14N4O2S. The van der Waals surface area contributed by atoms with Gasteiger partial charge in [0.2, 0.25) is 10.0 Å². The summed E-state index contributed by atoms with van der Waals surface area (Å²) in [5.41, 5.74) is 6.90. The molecule has 0 saturated carbocycles.